The minimum Gasteiger partial charge on any atom is -0.480 e. The van der Waals surface area contributed by atoms with E-state index >= 15 is 0 Å². The van der Waals surface area contributed by atoms with Crippen molar-refractivity contribution in [2.24, 2.45) is 0 Å². The second-order valence-corrected chi connectivity index (χ2v) is 6.15. The number of nitrogens with zero attached hydrogens (tertiary/aromatic N) is 2. The summed E-state index contributed by atoms with van der Waals surface area (Å²) in [6.45, 7) is 2.93. The molecule has 0 bridgehead atoms. The molecule has 0 spiro atoms. The van der Waals surface area contributed by atoms with Gasteiger partial charge in [0, 0.05) is 19.8 Å². The Morgan fingerprint density at radius 3 is 2.71 bits per heavy atom. The summed E-state index contributed by atoms with van der Waals surface area (Å²) >= 11 is 1.66. The molecule has 0 saturated heterocycles. The van der Waals surface area contributed by atoms with Crippen molar-refractivity contribution in [3.05, 3.63) is 34.7 Å². The Morgan fingerprint density at radius 1 is 1.29 bits per heavy atom. The number of aryl methyl sites for hydroxylation is 1. The molecule has 0 amide bonds. The van der Waals surface area contributed by atoms with E-state index in [4.69, 9.17) is 4.74 Å². The molecule has 1 aromatic heterocycles. The number of benzene rings is 1. The molecule has 5 heteroatoms. The zero-order valence-corrected chi connectivity index (χ0v) is 14.0. The second-order valence-electron chi connectivity index (χ2n) is 5.08. The van der Waals surface area contributed by atoms with E-state index in [9.17, 15) is 0 Å². The van der Waals surface area contributed by atoms with E-state index in [0.717, 1.165) is 29.4 Å². The summed E-state index contributed by atoms with van der Waals surface area (Å²) in [5.74, 6) is 0.712. The van der Waals surface area contributed by atoms with Gasteiger partial charge in [-0.2, -0.15) is 4.98 Å². The van der Waals surface area contributed by atoms with Gasteiger partial charge in [0.25, 0.3) is 0 Å². The molecule has 0 aliphatic heterocycles. The SMILES string of the molecule is CCCc1ccccc1NCc1sc(N(C)C)nc1OC. The van der Waals surface area contributed by atoms with E-state index in [1.54, 1.807) is 18.4 Å². The van der Waals surface area contributed by atoms with Crippen molar-refractivity contribution < 1.29 is 4.74 Å². The van der Waals surface area contributed by atoms with Gasteiger partial charge >= 0.3 is 0 Å². The third-order valence-electron chi connectivity index (χ3n) is 3.20. The van der Waals surface area contributed by atoms with Crippen LogP contribution in [0.1, 0.15) is 23.8 Å². The van der Waals surface area contributed by atoms with E-state index in [1.165, 1.54) is 11.3 Å². The van der Waals surface area contributed by atoms with Crippen LogP contribution in [0.4, 0.5) is 10.8 Å². The molecule has 114 valence electrons. The zero-order chi connectivity index (χ0) is 15.2. The number of hydrogen-bond donors (Lipinski definition) is 1. The van der Waals surface area contributed by atoms with Gasteiger partial charge in [0.2, 0.25) is 5.88 Å². The van der Waals surface area contributed by atoms with Crippen LogP contribution in [-0.2, 0) is 13.0 Å². The van der Waals surface area contributed by atoms with E-state index in [0.29, 0.717) is 5.88 Å². The molecule has 1 heterocycles. The molecule has 0 aliphatic carbocycles. The van der Waals surface area contributed by atoms with Crippen molar-refractivity contribution >= 4 is 22.2 Å². The summed E-state index contributed by atoms with van der Waals surface area (Å²) in [5.41, 5.74) is 2.55. The van der Waals surface area contributed by atoms with Crippen molar-refractivity contribution in [1.29, 1.82) is 0 Å². The van der Waals surface area contributed by atoms with E-state index in [1.807, 2.05) is 19.0 Å². The van der Waals surface area contributed by atoms with Crippen LogP contribution in [0, 0.1) is 0 Å². The third kappa shape index (κ3) is 3.88. The summed E-state index contributed by atoms with van der Waals surface area (Å²) < 4.78 is 5.37. The quantitative estimate of drug-likeness (QED) is 0.844. The van der Waals surface area contributed by atoms with Crippen molar-refractivity contribution in [3.63, 3.8) is 0 Å². The number of hydrogen-bond acceptors (Lipinski definition) is 5. The smallest absolute Gasteiger partial charge is 0.231 e. The van der Waals surface area contributed by atoms with Gasteiger partial charge in [0.05, 0.1) is 18.5 Å². The lowest BCUT2D eigenvalue weighted by atomic mass is 10.1. The molecule has 1 N–H and O–H groups in total. The molecule has 4 nitrogen and oxygen atoms in total. The summed E-state index contributed by atoms with van der Waals surface area (Å²) in [6, 6.07) is 8.47. The van der Waals surface area contributed by atoms with Crippen LogP contribution >= 0.6 is 11.3 Å². The summed E-state index contributed by atoms with van der Waals surface area (Å²) in [7, 11) is 5.65. The number of ether oxygens (including phenoxy) is 1. The Morgan fingerprint density at radius 2 is 2.05 bits per heavy atom. The molecule has 0 unspecified atom stereocenters. The first kappa shape index (κ1) is 15.6. The standard InChI is InChI=1S/C16H23N3OS/c1-5-8-12-9-6-7-10-13(12)17-11-14-15(20-4)18-16(21-14)19(2)3/h6-7,9-10,17H,5,8,11H2,1-4H3. The second kappa shape index (κ2) is 7.31. The largest absolute Gasteiger partial charge is 0.480 e. The predicted octanol–water partition coefficient (Wildman–Crippen LogP) is 3.78. The fourth-order valence-electron chi connectivity index (χ4n) is 2.14. The average Bonchev–Trinajstić information content (AvgIpc) is 2.90. The first-order valence-corrected chi connectivity index (χ1v) is 8.00. The molecule has 0 aliphatic rings. The molecule has 2 rings (SSSR count). The van der Waals surface area contributed by atoms with Crippen LogP contribution in [0.2, 0.25) is 0 Å². The minimum absolute atomic E-state index is 0.712. The lowest BCUT2D eigenvalue weighted by Crippen LogP contribution is -2.07. The average molecular weight is 305 g/mol. The molecule has 0 saturated carbocycles. The van der Waals surface area contributed by atoms with E-state index in [-0.39, 0.29) is 0 Å². The fraction of sp³-hybridized carbons (Fsp3) is 0.438. The first-order chi connectivity index (χ1) is 10.2. The Labute approximate surface area is 130 Å². The summed E-state index contributed by atoms with van der Waals surface area (Å²) in [5, 5.41) is 4.48. The van der Waals surface area contributed by atoms with Crippen molar-refractivity contribution in [1.82, 2.24) is 4.98 Å². The Bertz CT molecular complexity index is 581. The molecular formula is C16H23N3OS. The lowest BCUT2D eigenvalue weighted by Gasteiger charge is -2.11. The molecule has 0 fully saturated rings. The molecular weight excluding hydrogens is 282 g/mol. The Balaban J connectivity index is 2.12. The van der Waals surface area contributed by atoms with Gasteiger partial charge < -0.3 is 15.0 Å². The Kier molecular flexibility index (Phi) is 5.44. The highest BCUT2D eigenvalue weighted by molar-refractivity contribution is 7.15. The van der Waals surface area contributed by atoms with Crippen LogP contribution in [0.3, 0.4) is 0 Å². The number of nitrogens with one attached hydrogen (secondary N) is 1. The topological polar surface area (TPSA) is 37.4 Å². The molecule has 21 heavy (non-hydrogen) atoms. The van der Waals surface area contributed by atoms with E-state index in [2.05, 4.69) is 41.5 Å². The first-order valence-electron chi connectivity index (χ1n) is 7.18. The molecule has 0 atom stereocenters. The summed E-state index contributed by atoms with van der Waals surface area (Å²) in [4.78, 5) is 7.60. The van der Waals surface area contributed by atoms with Gasteiger partial charge in [-0.1, -0.05) is 42.9 Å². The van der Waals surface area contributed by atoms with Gasteiger partial charge in [0.1, 0.15) is 0 Å². The number of anilines is 2. The molecule has 1 aromatic carbocycles. The van der Waals surface area contributed by atoms with Gasteiger partial charge in [-0.05, 0) is 18.1 Å². The lowest BCUT2D eigenvalue weighted by molar-refractivity contribution is 0.397. The number of methoxy groups -OCH3 is 1. The van der Waals surface area contributed by atoms with E-state index < -0.39 is 0 Å². The van der Waals surface area contributed by atoms with Crippen LogP contribution in [0.25, 0.3) is 0 Å². The van der Waals surface area contributed by atoms with Crippen molar-refractivity contribution in [2.75, 3.05) is 31.4 Å². The van der Waals surface area contributed by atoms with Gasteiger partial charge in [-0.15, -0.1) is 0 Å². The number of thiazole rings is 1. The van der Waals surface area contributed by atoms with Gasteiger partial charge in [-0.25, -0.2) is 0 Å². The maximum Gasteiger partial charge on any atom is 0.231 e. The number of rotatable bonds is 7. The molecule has 0 radical (unpaired) electrons. The zero-order valence-electron chi connectivity index (χ0n) is 13.1. The number of para-hydroxylation sites is 1. The monoisotopic (exact) mass is 305 g/mol. The van der Waals surface area contributed by atoms with Gasteiger partial charge in [-0.3, -0.25) is 0 Å². The normalized spacial score (nSPS) is 10.5. The van der Waals surface area contributed by atoms with Crippen LogP contribution in [0.5, 0.6) is 5.88 Å². The van der Waals surface area contributed by atoms with Gasteiger partial charge in [0.15, 0.2) is 5.13 Å². The minimum atomic E-state index is 0.712. The van der Waals surface area contributed by atoms with Crippen molar-refractivity contribution in [3.8, 4) is 5.88 Å². The van der Waals surface area contributed by atoms with Crippen LogP contribution in [-0.4, -0.2) is 26.2 Å². The maximum absolute atomic E-state index is 5.37. The third-order valence-corrected chi connectivity index (χ3v) is 4.41. The van der Waals surface area contributed by atoms with Crippen molar-refractivity contribution in [2.45, 2.75) is 26.3 Å². The number of aromatic nitrogens is 1. The highest BCUT2D eigenvalue weighted by atomic mass is 32.1. The highest BCUT2D eigenvalue weighted by Gasteiger charge is 2.13. The Hall–Kier alpha value is -1.75. The highest BCUT2D eigenvalue weighted by Crippen LogP contribution is 2.31. The summed E-state index contributed by atoms with van der Waals surface area (Å²) in [6.07, 6.45) is 2.24. The van der Waals surface area contributed by atoms with Crippen LogP contribution in [0.15, 0.2) is 24.3 Å². The maximum atomic E-state index is 5.37. The predicted molar refractivity (Wildman–Crippen MR) is 90.8 cm³/mol. The van der Waals surface area contributed by atoms with Crippen LogP contribution < -0.4 is 15.0 Å². The molecule has 2 aromatic rings. The fourth-order valence-corrected chi connectivity index (χ4v) is 3.04.